The van der Waals surface area contributed by atoms with Crippen LogP contribution in [0, 0.1) is 5.92 Å². The fourth-order valence-corrected chi connectivity index (χ4v) is 4.77. The Bertz CT molecular complexity index is 1130. The molecule has 2 rings (SSSR count). The lowest BCUT2D eigenvalue weighted by Crippen LogP contribution is -2.49. The summed E-state index contributed by atoms with van der Waals surface area (Å²) < 4.78 is 38.8. The molecule has 14 heteroatoms. The molecule has 2 amide bonds. The maximum Gasteiger partial charge on any atom is 0.408 e. The summed E-state index contributed by atoms with van der Waals surface area (Å²) >= 11 is 0. The van der Waals surface area contributed by atoms with Crippen molar-refractivity contribution in [1.82, 2.24) is 14.3 Å². The summed E-state index contributed by atoms with van der Waals surface area (Å²) in [5.74, 6) is -2.72. The smallest absolute Gasteiger partial charge is 0.408 e. The van der Waals surface area contributed by atoms with Gasteiger partial charge in [-0.05, 0) is 44.2 Å². The van der Waals surface area contributed by atoms with Crippen molar-refractivity contribution in [3.8, 4) is 0 Å². The molecule has 2 atom stereocenters. The number of esters is 1. The van der Waals surface area contributed by atoms with Crippen molar-refractivity contribution in [1.29, 1.82) is 0 Å². The van der Waals surface area contributed by atoms with Crippen LogP contribution in [-0.2, 0) is 35.9 Å². The average molecular weight is 523 g/mol. The number of benzene rings is 1. The van der Waals surface area contributed by atoms with Gasteiger partial charge in [-0.25, -0.2) is 9.52 Å². The standard InChI is InChI=1S/C22H30N6O7S/c1-5-9-17-13-28(36(32,33)25-18(29)12-24-20(31)35-21(2,3)4)15-22(17,26-27-23)19(30)34-14-16-10-7-6-8-11-16/h5-8,10-11,17H,1,9,12-15H2,2-4H3,(H,24,31)(H,25,29)/t17-,22-/m0/s1. The summed E-state index contributed by atoms with van der Waals surface area (Å²) in [4.78, 5) is 39.8. The first-order valence-corrected chi connectivity index (χ1v) is 12.4. The number of amides is 2. The van der Waals surface area contributed by atoms with Crippen LogP contribution >= 0.6 is 0 Å². The Morgan fingerprint density at radius 3 is 2.56 bits per heavy atom. The van der Waals surface area contributed by atoms with Gasteiger partial charge in [0.2, 0.25) is 0 Å². The lowest BCUT2D eigenvalue weighted by Gasteiger charge is -2.26. The predicted molar refractivity (Wildman–Crippen MR) is 129 cm³/mol. The third kappa shape index (κ3) is 7.70. The highest BCUT2D eigenvalue weighted by molar-refractivity contribution is 7.87. The van der Waals surface area contributed by atoms with E-state index in [9.17, 15) is 28.3 Å². The highest BCUT2D eigenvalue weighted by Gasteiger charge is 2.55. The molecule has 0 saturated carbocycles. The molecule has 1 aromatic carbocycles. The van der Waals surface area contributed by atoms with Crippen molar-refractivity contribution in [2.45, 2.75) is 44.9 Å². The van der Waals surface area contributed by atoms with Gasteiger partial charge in [0.1, 0.15) is 18.8 Å². The molecule has 1 fully saturated rings. The molecule has 1 aliphatic heterocycles. The van der Waals surface area contributed by atoms with Gasteiger partial charge in [-0.3, -0.25) is 9.59 Å². The summed E-state index contributed by atoms with van der Waals surface area (Å²) in [6.07, 6.45) is 0.710. The molecule has 0 radical (unpaired) electrons. The zero-order valence-corrected chi connectivity index (χ0v) is 21.2. The molecule has 196 valence electrons. The Morgan fingerprint density at radius 1 is 1.31 bits per heavy atom. The summed E-state index contributed by atoms with van der Waals surface area (Å²) in [5.41, 5.74) is 7.20. The maximum atomic E-state index is 13.1. The Morgan fingerprint density at radius 2 is 1.97 bits per heavy atom. The van der Waals surface area contributed by atoms with Crippen LogP contribution in [0.2, 0.25) is 0 Å². The Hall–Kier alpha value is -3.61. The van der Waals surface area contributed by atoms with Crippen LogP contribution < -0.4 is 10.0 Å². The molecular formula is C22H30N6O7S. The fraction of sp³-hybridized carbons (Fsp3) is 0.500. The van der Waals surface area contributed by atoms with Crippen molar-refractivity contribution in [3.63, 3.8) is 0 Å². The van der Waals surface area contributed by atoms with E-state index in [1.807, 2.05) is 4.72 Å². The van der Waals surface area contributed by atoms with E-state index in [4.69, 9.17) is 9.47 Å². The first-order valence-electron chi connectivity index (χ1n) is 11.0. The van der Waals surface area contributed by atoms with Gasteiger partial charge in [-0.15, -0.1) is 6.58 Å². The van der Waals surface area contributed by atoms with E-state index < -0.39 is 58.3 Å². The zero-order chi connectivity index (χ0) is 27.0. The van der Waals surface area contributed by atoms with E-state index in [1.165, 1.54) is 6.08 Å². The second kappa shape index (κ2) is 11.9. The third-order valence-corrected chi connectivity index (χ3v) is 6.58. The highest BCUT2D eigenvalue weighted by Crippen LogP contribution is 2.37. The van der Waals surface area contributed by atoms with E-state index in [0.717, 1.165) is 4.31 Å². The topological polar surface area (TPSA) is 180 Å². The van der Waals surface area contributed by atoms with E-state index in [0.29, 0.717) is 5.56 Å². The summed E-state index contributed by atoms with van der Waals surface area (Å²) in [6.45, 7) is 6.95. The quantitative estimate of drug-likeness (QED) is 0.155. The van der Waals surface area contributed by atoms with Gasteiger partial charge < -0.3 is 14.8 Å². The molecule has 0 unspecified atom stereocenters. The number of hydrogen-bond acceptors (Lipinski definition) is 8. The maximum absolute atomic E-state index is 13.1. The lowest BCUT2D eigenvalue weighted by atomic mass is 9.85. The van der Waals surface area contributed by atoms with Crippen LogP contribution in [0.5, 0.6) is 0 Å². The van der Waals surface area contributed by atoms with Gasteiger partial charge in [0.15, 0.2) is 5.54 Å². The number of nitrogens with one attached hydrogen (secondary N) is 2. The Labute approximate surface area is 209 Å². The zero-order valence-electron chi connectivity index (χ0n) is 20.3. The molecule has 0 aromatic heterocycles. The molecule has 0 aliphatic carbocycles. The molecule has 13 nitrogen and oxygen atoms in total. The van der Waals surface area contributed by atoms with Crippen LogP contribution in [-0.4, -0.2) is 61.5 Å². The number of azide groups is 1. The van der Waals surface area contributed by atoms with Crippen LogP contribution in [0.3, 0.4) is 0 Å². The number of carbonyl (C=O) groups is 3. The SMILES string of the molecule is C=CC[C@H]1CN(S(=O)(=O)NC(=O)CNC(=O)OC(C)(C)C)C[C@@]1(N=[N+]=[N-])C(=O)OCc1ccccc1. The molecule has 0 bridgehead atoms. The molecule has 1 saturated heterocycles. The van der Waals surface area contributed by atoms with Gasteiger partial charge in [0.05, 0.1) is 0 Å². The van der Waals surface area contributed by atoms with Crippen LogP contribution in [0.1, 0.15) is 32.8 Å². The van der Waals surface area contributed by atoms with Crippen LogP contribution in [0.25, 0.3) is 10.4 Å². The van der Waals surface area contributed by atoms with E-state index in [2.05, 4.69) is 21.9 Å². The monoisotopic (exact) mass is 522 g/mol. The van der Waals surface area contributed by atoms with Gasteiger partial charge >= 0.3 is 22.3 Å². The summed E-state index contributed by atoms with van der Waals surface area (Å²) in [6, 6.07) is 8.79. The predicted octanol–water partition coefficient (Wildman–Crippen LogP) is 2.17. The minimum absolute atomic E-state index is 0.108. The number of nitrogens with zero attached hydrogens (tertiary/aromatic N) is 4. The summed E-state index contributed by atoms with van der Waals surface area (Å²) in [5, 5.41) is 5.83. The number of ether oxygens (including phenoxy) is 2. The lowest BCUT2D eigenvalue weighted by molar-refractivity contribution is -0.152. The van der Waals surface area contributed by atoms with E-state index >= 15 is 0 Å². The van der Waals surface area contributed by atoms with Crippen molar-refractivity contribution < 1.29 is 32.3 Å². The summed E-state index contributed by atoms with van der Waals surface area (Å²) in [7, 11) is -4.47. The van der Waals surface area contributed by atoms with Crippen molar-refractivity contribution >= 4 is 28.2 Å². The average Bonchev–Trinajstić information content (AvgIpc) is 3.16. The van der Waals surface area contributed by atoms with Crippen LogP contribution in [0.15, 0.2) is 48.1 Å². The number of carbonyl (C=O) groups excluding carboxylic acids is 3. The second-order valence-corrected chi connectivity index (χ2v) is 10.7. The Balaban J connectivity index is 2.15. The number of allylic oxidation sites excluding steroid dienone is 1. The minimum atomic E-state index is -4.47. The highest BCUT2D eigenvalue weighted by atomic mass is 32.2. The molecule has 1 aliphatic rings. The van der Waals surface area contributed by atoms with Crippen molar-refractivity contribution in [3.05, 3.63) is 59.0 Å². The minimum Gasteiger partial charge on any atom is -0.460 e. The van der Waals surface area contributed by atoms with Crippen LogP contribution in [0.4, 0.5) is 4.79 Å². The first kappa shape index (κ1) is 28.6. The van der Waals surface area contributed by atoms with Crippen molar-refractivity contribution in [2.75, 3.05) is 19.6 Å². The number of alkyl carbamates (subject to hydrolysis) is 1. The van der Waals surface area contributed by atoms with Gasteiger partial charge in [-0.2, -0.15) is 12.7 Å². The van der Waals surface area contributed by atoms with E-state index in [1.54, 1.807) is 51.1 Å². The molecule has 2 N–H and O–H groups in total. The second-order valence-electron chi connectivity index (χ2n) is 9.07. The van der Waals surface area contributed by atoms with Crippen molar-refractivity contribution in [2.24, 2.45) is 11.0 Å². The molecular weight excluding hydrogens is 492 g/mol. The number of rotatable bonds is 10. The van der Waals surface area contributed by atoms with Gasteiger partial charge in [0.25, 0.3) is 5.91 Å². The molecule has 1 aromatic rings. The molecule has 1 heterocycles. The number of hydrogen-bond donors (Lipinski definition) is 2. The Kier molecular flexibility index (Phi) is 9.45. The normalized spacial score (nSPS) is 20.0. The fourth-order valence-electron chi connectivity index (χ4n) is 3.54. The van der Waals surface area contributed by atoms with Gasteiger partial charge in [0, 0.05) is 18.0 Å². The third-order valence-electron chi connectivity index (χ3n) is 5.13. The largest absolute Gasteiger partial charge is 0.460 e. The van der Waals surface area contributed by atoms with E-state index in [-0.39, 0.29) is 19.6 Å². The first-order chi connectivity index (χ1) is 16.8. The molecule has 36 heavy (non-hydrogen) atoms. The van der Waals surface area contributed by atoms with Gasteiger partial charge in [-0.1, -0.05) is 41.5 Å². The molecule has 0 spiro atoms.